The highest BCUT2D eigenvalue weighted by Gasteiger charge is 2.10. The highest BCUT2D eigenvalue weighted by atomic mass is 16.6. The Hall–Kier alpha value is -3.42. The van der Waals surface area contributed by atoms with Gasteiger partial charge < -0.3 is 9.47 Å². The zero-order valence-electron chi connectivity index (χ0n) is 12.8. The van der Waals surface area contributed by atoms with E-state index in [4.69, 9.17) is 9.47 Å². The molecule has 2 aromatic rings. The summed E-state index contributed by atoms with van der Waals surface area (Å²) < 4.78 is 10.0. The van der Waals surface area contributed by atoms with Crippen molar-refractivity contribution < 1.29 is 19.2 Å². The number of hydrazone groups is 1. The molecule has 0 fully saturated rings. The fourth-order valence-electron chi connectivity index (χ4n) is 1.82. The number of ether oxygens (including phenoxy) is 2. The van der Waals surface area contributed by atoms with Crippen LogP contribution in [0, 0.1) is 10.1 Å². The Morgan fingerprint density at radius 3 is 2.62 bits per heavy atom. The normalized spacial score (nSPS) is 10.4. The van der Waals surface area contributed by atoms with E-state index in [1.165, 1.54) is 18.3 Å². The third-order valence-electron chi connectivity index (χ3n) is 3.02. The fourth-order valence-corrected chi connectivity index (χ4v) is 1.82. The summed E-state index contributed by atoms with van der Waals surface area (Å²) in [6, 6.07) is 13.1. The van der Waals surface area contributed by atoms with Gasteiger partial charge in [0.05, 0.1) is 23.8 Å². The summed E-state index contributed by atoms with van der Waals surface area (Å²) in [4.78, 5) is 21.9. The van der Waals surface area contributed by atoms with E-state index >= 15 is 0 Å². The molecule has 0 heterocycles. The number of carbonyl (C=O) groups is 1. The first-order valence-electron chi connectivity index (χ1n) is 6.92. The molecule has 0 bridgehead atoms. The minimum Gasteiger partial charge on any atom is -0.497 e. The van der Waals surface area contributed by atoms with Gasteiger partial charge in [-0.2, -0.15) is 5.10 Å². The zero-order chi connectivity index (χ0) is 17.4. The number of nitro benzene ring substituents is 1. The number of carbonyl (C=O) groups excluding carboxylic acids is 1. The van der Waals surface area contributed by atoms with Crippen molar-refractivity contribution in [3.8, 4) is 5.75 Å². The van der Waals surface area contributed by atoms with Crippen LogP contribution in [0.15, 0.2) is 53.6 Å². The maximum Gasteiger partial charge on any atom is 0.428 e. The molecule has 2 aromatic carbocycles. The Balaban J connectivity index is 1.85. The van der Waals surface area contributed by atoms with Crippen LogP contribution in [0.3, 0.4) is 0 Å². The summed E-state index contributed by atoms with van der Waals surface area (Å²) in [6.07, 6.45) is 0.424. The monoisotopic (exact) mass is 329 g/mol. The van der Waals surface area contributed by atoms with Crippen molar-refractivity contribution >= 4 is 18.0 Å². The van der Waals surface area contributed by atoms with E-state index < -0.39 is 11.0 Å². The highest BCUT2D eigenvalue weighted by Crippen LogP contribution is 2.15. The number of methoxy groups -OCH3 is 1. The van der Waals surface area contributed by atoms with Crippen LogP contribution in [0.4, 0.5) is 10.5 Å². The standard InChI is InChI=1S/C16H15N3O5/c1-23-14-8-6-12(7-9-14)11-24-16(20)18-17-10-13-4-2-3-5-15(13)19(21)22/h2-10H,11H2,1H3,(H,18,20)/b17-10-. The smallest absolute Gasteiger partial charge is 0.428 e. The summed E-state index contributed by atoms with van der Waals surface area (Å²) in [5.74, 6) is 0.706. The SMILES string of the molecule is COc1ccc(COC(=O)N/N=C\c2ccccc2[N+](=O)[O-])cc1. The van der Waals surface area contributed by atoms with Crippen LogP contribution in [0.5, 0.6) is 5.75 Å². The first kappa shape index (κ1) is 16.9. The summed E-state index contributed by atoms with van der Waals surface area (Å²) in [7, 11) is 1.56. The van der Waals surface area contributed by atoms with Gasteiger partial charge in [0.1, 0.15) is 12.4 Å². The van der Waals surface area contributed by atoms with Gasteiger partial charge in [0.25, 0.3) is 5.69 Å². The summed E-state index contributed by atoms with van der Waals surface area (Å²) in [5.41, 5.74) is 3.11. The largest absolute Gasteiger partial charge is 0.497 e. The lowest BCUT2D eigenvalue weighted by Crippen LogP contribution is -2.18. The fraction of sp³-hybridized carbons (Fsp3) is 0.125. The molecule has 0 aliphatic heterocycles. The van der Waals surface area contributed by atoms with E-state index in [-0.39, 0.29) is 17.9 Å². The first-order valence-corrected chi connectivity index (χ1v) is 6.92. The number of amides is 1. The topological polar surface area (TPSA) is 103 Å². The number of para-hydroxylation sites is 1. The summed E-state index contributed by atoms with van der Waals surface area (Å²) in [5, 5.41) is 14.5. The zero-order valence-corrected chi connectivity index (χ0v) is 12.8. The van der Waals surface area contributed by atoms with E-state index in [2.05, 4.69) is 10.5 Å². The second-order valence-corrected chi connectivity index (χ2v) is 4.61. The quantitative estimate of drug-likeness (QED) is 0.498. The molecule has 24 heavy (non-hydrogen) atoms. The lowest BCUT2D eigenvalue weighted by molar-refractivity contribution is -0.385. The Morgan fingerprint density at radius 2 is 1.96 bits per heavy atom. The summed E-state index contributed by atoms with van der Waals surface area (Å²) >= 11 is 0. The molecule has 0 radical (unpaired) electrons. The molecule has 0 saturated carbocycles. The van der Waals surface area contributed by atoms with Gasteiger partial charge in [-0.05, 0) is 23.8 Å². The van der Waals surface area contributed by atoms with Gasteiger partial charge in [0.2, 0.25) is 0 Å². The molecular formula is C16H15N3O5. The Morgan fingerprint density at radius 1 is 1.25 bits per heavy atom. The number of nitro groups is 1. The Kier molecular flexibility index (Phi) is 5.84. The molecule has 0 spiro atoms. The Bertz CT molecular complexity index is 744. The molecule has 1 N–H and O–H groups in total. The third-order valence-corrected chi connectivity index (χ3v) is 3.02. The van der Waals surface area contributed by atoms with Crippen LogP contribution in [0.1, 0.15) is 11.1 Å². The predicted molar refractivity (Wildman–Crippen MR) is 87.0 cm³/mol. The third kappa shape index (κ3) is 4.80. The van der Waals surface area contributed by atoms with Crippen LogP contribution >= 0.6 is 0 Å². The van der Waals surface area contributed by atoms with E-state index in [1.54, 1.807) is 43.5 Å². The van der Waals surface area contributed by atoms with Crippen molar-refractivity contribution in [3.05, 3.63) is 69.8 Å². The van der Waals surface area contributed by atoms with Gasteiger partial charge in [0, 0.05) is 6.07 Å². The molecule has 8 nitrogen and oxygen atoms in total. The van der Waals surface area contributed by atoms with E-state index in [9.17, 15) is 14.9 Å². The number of nitrogens with zero attached hydrogens (tertiary/aromatic N) is 2. The molecule has 8 heteroatoms. The molecule has 0 saturated heterocycles. The van der Waals surface area contributed by atoms with Gasteiger partial charge >= 0.3 is 6.09 Å². The maximum absolute atomic E-state index is 11.5. The maximum atomic E-state index is 11.5. The lowest BCUT2D eigenvalue weighted by atomic mass is 10.2. The lowest BCUT2D eigenvalue weighted by Gasteiger charge is -2.05. The number of hydrogen-bond donors (Lipinski definition) is 1. The van der Waals surface area contributed by atoms with Crippen molar-refractivity contribution in [2.24, 2.45) is 5.10 Å². The van der Waals surface area contributed by atoms with Crippen LogP contribution < -0.4 is 10.2 Å². The number of hydrogen-bond acceptors (Lipinski definition) is 6. The van der Waals surface area contributed by atoms with Crippen molar-refractivity contribution in [1.82, 2.24) is 5.43 Å². The van der Waals surface area contributed by atoms with Gasteiger partial charge in [0.15, 0.2) is 0 Å². The van der Waals surface area contributed by atoms with Crippen LogP contribution in [0.2, 0.25) is 0 Å². The number of nitrogens with one attached hydrogen (secondary N) is 1. The van der Waals surface area contributed by atoms with Crippen LogP contribution in [-0.2, 0) is 11.3 Å². The molecule has 0 unspecified atom stereocenters. The van der Waals surface area contributed by atoms with Crippen molar-refractivity contribution in [3.63, 3.8) is 0 Å². The summed E-state index contributed by atoms with van der Waals surface area (Å²) in [6.45, 7) is 0.0663. The molecule has 0 aliphatic rings. The van der Waals surface area contributed by atoms with Crippen molar-refractivity contribution in [1.29, 1.82) is 0 Å². The second kappa shape index (κ2) is 8.28. The highest BCUT2D eigenvalue weighted by molar-refractivity contribution is 5.85. The average molecular weight is 329 g/mol. The van der Waals surface area contributed by atoms with E-state index in [0.717, 1.165) is 5.56 Å². The van der Waals surface area contributed by atoms with E-state index in [0.29, 0.717) is 5.75 Å². The van der Waals surface area contributed by atoms with Gasteiger partial charge in [-0.15, -0.1) is 0 Å². The van der Waals surface area contributed by atoms with Gasteiger partial charge in [-0.1, -0.05) is 24.3 Å². The molecule has 0 aliphatic carbocycles. The van der Waals surface area contributed by atoms with Crippen LogP contribution in [0.25, 0.3) is 0 Å². The molecule has 0 aromatic heterocycles. The van der Waals surface area contributed by atoms with Gasteiger partial charge in [-0.25, -0.2) is 10.2 Å². The molecule has 1 amide bonds. The van der Waals surface area contributed by atoms with Gasteiger partial charge in [-0.3, -0.25) is 10.1 Å². The Labute approximate surface area is 137 Å². The predicted octanol–water partition coefficient (Wildman–Crippen LogP) is 2.86. The molecule has 0 atom stereocenters. The van der Waals surface area contributed by atoms with Crippen molar-refractivity contribution in [2.45, 2.75) is 6.61 Å². The number of rotatable bonds is 6. The van der Waals surface area contributed by atoms with Crippen molar-refractivity contribution in [2.75, 3.05) is 7.11 Å². The molecular weight excluding hydrogens is 314 g/mol. The van der Waals surface area contributed by atoms with Crippen LogP contribution in [-0.4, -0.2) is 24.3 Å². The molecule has 124 valence electrons. The first-order chi connectivity index (χ1) is 11.6. The van der Waals surface area contributed by atoms with E-state index in [1.807, 2.05) is 0 Å². The minimum absolute atomic E-state index is 0.0663. The average Bonchev–Trinajstić information content (AvgIpc) is 2.60. The second-order valence-electron chi connectivity index (χ2n) is 4.61. The minimum atomic E-state index is -0.763. The molecule has 2 rings (SSSR count). The number of benzene rings is 2.